The van der Waals surface area contributed by atoms with Crippen LogP contribution in [0.1, 0.15) is 39.0 Å². The predicted molar refractivity (Wildman–Crippen MR) is 96.5 cm³/mol. The van der Waals surface area contributed by atoms with Gasteiger partial charge in [-0.25, -0.2) is 4.79 Å². The molecular weight excluding hydrogens is 324 g/mol. The molecule has 4 unspecified atom stereocenters. The van der Waals surface area contributed by atoms with Crippen LogP contribution in [0.5, 0.6) is 5.75 Å². The number of para-hydroxylation sites is 1. The first-order valence-electron chi connectivity index (χ1n) is 9.05. The van der Waals surface area contributed by atoms with Gasteiger partial charge in [-0.1, -0.05) is 30.2 Å². The normalized spacial score (nSPS) is 26.2. The van der Waals surface area contributed by atoms with Gasteiger partial charge in [-0.3, -0.25) is 0 Å². The molecule has 24 heavy (non-hydrogen) atoms. The van der Waals surface area contributed by atoms with Crippen molar-refractivity contribution in [2.24, 2.45) is 17.8 Å². The smallest absolute Gasteiger partial charge is 0.315 e. The summed E-state index contributed by atoms with van der Waals surface area (Å²) in [7, 11) is 0. The number of rotatable bonds is 7. The van der Waals surface area contributed by atoms with Crippen molar-refractivity contribution in [3.05, 3.63) is 29.3 Å². The number of carbonyl (C=O) groups is 1. The maximum Gasteiger partial charge on any atom is 0.315 e. The molecule has 2 aliphatic rings. The fourth-order valence-electron chi connectivity index (χ4n) is 4.29. The van der Waals surface area contributed by atoms with Crippen LogP contribution in [0, 0.1) is 17.8 Å². The highest BCUT2D eigenvalue weighted by Crippen LogP contribution is 2.49. The molecule has 0 aromatic heterocycles. The van der Waals surface area contributed by atoms with Crippen LogP contribution in [0.2, 0.25) is 5.02 Å². The van der Waals surface area contributed by atoms with Crippen molar-refractivity contribution in [2.45, 2.75) is 45.1 Å². The Morgan fingerprint density at radius 2 is 2.17 bits per heavy atom. The topological polar surface area (TPSA) is 50.4 Å². The third kappa shape index (κ3) is 4.35. The van der Waals surface area contributed by atoms with E-state index in [0.29, 0.717) is 29.8 Å². The molecule has 0 spiro atoms. The minimum atomic E-state index is -0.0667. The van der Waals surface area contributed by atoms with Crippen LogP contribution in [0.3, 0.4) is 0 Å². The zero-order chi connectivity index (χ0) is 16.9. The van der Waals surface area contributed by atoms with Gasteiger partial charge in [0, 0.05) is 12.6 Å². The maximum absolute atomic E-state index is 12.0. The molecule has 0 aliphatic heterocycles. The Labute approximate surface area is 149 Å². The number of hydrogen-bond donors (Lipinski definition) is 2. The molecule has 2 N–H and O–H groups in total. The number of nitrogens with one attached hydrogen (secondary N) is 2. The van der Waals surface area contributed by atoms with Gasteiger partial charge in [-0.15, -0.1) is 0 Å². The second-order valence-electron chi connectivity index (χ2n) is 7.16. The summed E-state index contributed by atoms with van der Waals surface area (Å²) in [5, 5.41) is 6.65. The van der Waals surface area contributed by atoms with Crippen molar-refractivity contribution >= 4 is 17.6 Å². The first kappa shape index (κ1) is 17.4. The zero-order valence-corrected chi connectivity index (χ0v) is 15.0. The minimum Gasteiger partial charge on any atom is -0.492 e. The average Bonchev–Trinajstić information content (AvgIpc) is 3.19. The number of carbonyl (C=O) groups excluding carboxylic acids is 1. The summed E-state index contributed by atoms with van der Waals surface area (Å²) in [6, 6.07) is 7.62. The Morgan fingerprint density at radius 1 is 1.33 bits per heavy atom. The number of benzene rings is 1. The lowest BCUT2D eigenvalue weighted by Crippen LogP contribution is -2.45. The molecule has 0 saturated heterocycles. The minimum absolute atomic E-state index is 0.0667. The standard InChI is InChI=1S/C19H27ClN2O2/c1-13(16-12-14-7-8-15(16)11-14)22-19(23)21-9-4-10-24-18-6-3-2-5-17(18)20/h2-3,5-6,13-16H,4,7-12H2,1H3,(H2,21,22,23). The summed E-state index contributed by atoms with van der Waals surface area (Å²) < 4.78 is 5.61. The van der Waals surface area contributed by atoms with Crippen LogP contribution in [0.4, 0.5) is 4.79 Å². The third-order valence-corrected chi connectivity index (χ3v) is 5.81. The molecule has 1 aromatic carbocycles. The summed E-state index contributed by atoms with van der Waals surface area (Å²) in [5.74, 6) is 3.09. The fourth-order valence-corrected chi connectivity index (χ4v) is 4.48. The van der Waals surface area contributed by atoms with Crippen molar-refractivity contribution < 1.29 is 9.53 Å². The van der Waals surface area contributed by atoms with E-state index >= 15 is 0 Å². The molecule has 5 heteroatoms. The second-order valence-corrected chi connectivity index (χ2v) is 7.57. The largest absolute Gasteiger partial charge is 0.492 e. The lowest BCUT2D eigenvalue weighted by molar-refractivity contribution is 0.219. The number of hydrogen-bond acceptors (Lipinski definition) is 2. The Hall–Kier alpha value is -1.42. The van der Waals surface area contributed by atoms with E-state index in [1.807, 2.05) is 18.2 Å². The van der Waals surface area contributed by atoms with E-state index in [0.717, 1.165) is 18.3 Å². The number of fused-ring (bicyclic) bond motifs is 2. The number of ether oxygens (including phenoxy) is 1. The Balaban J connectivity index is 1.29. The third-order valence-electron chi connectivity index (χ3n) is 5.49. The van der Waals surface area contributed by atoms with Gasteiger partial charge in [0.05, 0.1) is 11.6 Å². The number of urea groups is 1. The lowest BCUT2D eigenvalue weighted by atomic mass is 9.84. The van der Waals surface area contributed by atoms with E-state index in [-0.39, 0.29) is 12.1 Å². The van der Waals surface area contributed by atoms with Crippen LogP contribution in [0.25, 0.3) is 0 Å². The fraction of sp³-hybridized carbons (Fsp3) is 0.632. The van der Waals surface area contributed by atoms with Crippen LogP contribution >= 0.6 is 11.6 Å². The van der Waals surface area contributed by atoms with Gasteiger partial charge in [0.15, 0.2) is 0 Å². The Kier molecular flexibility index (Phi) is 5.88. The molecule has 2 aliphatic carbocycles. The van der Waals surface area contributed by atoms with Gasteiger partial charge in [-0.05, 0) is 62.5 Å². The first-order chi connectivity index (χ1) is 11.6. The summed E-state index contributed by atoms with van der Waals surface area (Å²) >= 11 is 6.03. The lowest BCUT2D eigenvalue weighted by Gasteiger charge is -2.28. The second kappa shape index (κ2) is 8.11. The van der Waals surface area contributed by atoms with Gasteiger partial charge < -0.3 is 15.4 Å². The molecule has 4 atom stereocenters. The van der Waals surface area contributed by atoms with Crippen LogP contribution in [-0.2, 0) is 0 Å². The number of amides is 2. The molecule has 3 rings (SSSR count). The van der Waals surface area contributed by atoms with E-state index < -0.39 is 0 Å². The molecule has 0 heterocycles. The van der Waals surface area contributed by atoms with Crippen LogP contribution < -0.4 is 15.4 Å². The van der Waals surface area contributed by atoms with Gasteiger partial charge >= 0.3 is 6.03 Å². The quantitative estimate of drug-likeness (QED) is 0.723. The monoisotopic (exact) mass is 350 g/mol. The Bertz CT molecular complexity index is 566. The highest BCUT2D eigenvalue weighted by Gasteiger charge is 2.42. The summed E-state index contributed by atoms with van der Waals surface area (Å²) in [6.07, 6.45) is 6.16. The highest BCUT2D eigenvalue weighted by molar-refractivity contribution is 6.32. The van der Waals surface area contributed by atoms with Crippen molar-refractivity contribution in [3.8, 4) is 5.75 Å². The predicted octanol–water partition coefficient (Wildman–Crippen LogP) is 4.23. The summed E-state index contributed by atoms with van der Waals surface area (Å²) in [5.41, 5.74) is 0. The molecular formula is C19H27ClN2O2. The number of halogens is 1. The molecule has 2 saturated carbocycles. The van der Waals surface area contributed by atoms with E-state index in [9.17, 15) is 4.79 Å². The first-order valence-corrected chi connectivity index (χ1v) is 9.43. The molecule has 2 bridgehead atoms. The van der Waals surface area contributed by atoms with Crippen LogP contribution in [0.15, 0.2) is 24.3 Å². The van der Waals surface area contributed by atoms with E-state index in [4.69, 9.17) is 16.3 Å². The molecule has 4 nitrogen and oxygen atoms in total. The van der Waals surface area contributed by atoms with E-state index in [1.54, 1.807) is 6.07 Å². The molecule has 2 amide bonds. The van der Waals surface area contributed by atoms with Gasteiger partial charge in [0.25, 0.3) is 0 Å². The molecule has 0 radical (unpaired) electrons. The average molecular weight is 351 g/mol. The van der Waals surface area contributed by atoms with Gasteiger partial charge in [-0.2, -0.15) is 0 Å². The SMILES string of the molecule is CC(NC(=O)NCCCOc1ccccc1Cl)C1CC2CCC1C2. The molecule has 132 valence electrons. The van der Waals surface area contributed by atoms with E-state index in [1.165, 1.54) is 25.7 Å². The van der Waals surface area contributed by atoms with Crippen molar-refractivity contribution in [1.82, 2.24) is 10.6 Å². The van der Waals surface area contributed by atoms with Gasteiger partial charge in [0.2, 0.25) is 0 Å². The van der Waals surface area contributed by atoms with Crippen molar-refractivity contribution in [3.63, 3.8) is 0 Å². The highest BCUT2D eigenvalue weighted by atomic mass is 35.5. The van der Waals surface area contributed by atoms with Crippen LogP contribution in [-0.4, -0.2) is 25.2 Å². The molecule has 2 fully saturated rings. The summed E-state index contributed by atoms with van der Waals surface area (Å²) in [6.45, 7) is 3.27. The zero-order valence-electron chi connectivity index (χ0n) is 14.3. The van der Waals surface area contributed by atoms with Crippen molar-refractivity contribution in [1.29, 1.82) is 0 Å². The summed E-state index contributed by atoms with van der Waals surface area (Å²) in [4.78, 5) is 12.0. The van der Waals surface area contributed by atoms with Gasteiger partial charge in [0.1, 0.15) is 5.75 Å². The van der Waals surface area contributed by atoms with Crippen molar-refractivity contribution in [2.75, 3.05) is 13.2 Å². The van der Waals surface area contributed by atoms with E-state index in [2.05, 4.69) is 17.6 Å². The Morgan fingerprint density at radius 3 is 2.88 bits per heavy atom. The molecule has 1 aromatic rings. The maximum atomic E-state index is 12.0.